The monoisotopic (exact) mass is 415 g/mol. The van der Waals surface area contributed by atoms with Gasteiger partial charge in [0, 0.05) is 22.8 Å². The summed E-state index contributed by atoms with van der Waals surface area (Å²) < 4.78 is 23.1. The van der Waals surface area contributed by atoms with Crippen LogP contribution in [0.4, 0.5) is 0 Å². The van der Waals surface area contributed by atoms with Gasteiger partial charge in [0.15, 0.2) is 0 Å². The van der Waals surface area contributed by atoms with E-state index in [4.69, 9.17) is 22.3 Å². The van der Waals surface area contributed by atoms with Gasteiger partial charge in [0.1, 0.15) is 0 Å². The van der Waals surface area contributed by atoms with Crippen LogP contribution in [0.5, 0.6) is 0 Å². The SMILES string of the molecule is CCC(C)(C)CNC(=O)c1cc(Cl)c(Br)c(S(=O)(=O)Cl)c1. The fraction of sp³-hybridized carbons (Fsp3) is 0.462. The highest BCUT2D eigenvalue weighted by Gasteiger charge is 2.22. The number of hydrogen-bond donors (Lipinski definition) is 1. The molecule has 0 unspecified atom stereocenters. The molecule has 0 heterocycles. The van der Waals surface area contributed by atoms with Gasteiger partial charge in [-0.2, -0.15) is 0 Å². The maximum Gasteiger partial charge on any atom is 0.262 e. The van der Waals surface area contributed by atoms with Crippen LogP contribution in [0.3, 0.4) is 0 Å². The van der Waals surface area contributed by atoms with Gasteiger partial charge in [-0.3, -0.25) is 4.79 Å². The molecule has 118 valence electrons. The van der Waals surface area contributed by atoms with Crippen LogP contribution in [0.1, 0.15) is 37.6 Å². The zero-order valence-electron chi connectivity index (χ0n) is 11.8. The molecule has 21 heavy (non-hydrogen) atoms. The van der Waals surface area contributed by atoms with E-state index in [0.717, 1.165) is 6.42 Å². The van der Waals surface area contributed by atoms with E-state index in [1.54, 1.807) is 0 Å². The van der Waals surface area contributed by atoms with E-state index in [1.807, 2.05) is 20.8 Å². The number of hydrogen-bond acceptors (Lipinski definition) is 3. The Bertz CT molecular complexity index is 660. The van der Waals surface area contributed by atoms with Crippen LogP contribution >= 0.6 is 38.2 Å². The molecule has 0 atom stereocenters. The molecule has 8 heteroatoms. The molecule has 1 rings (SSSR count). The van der Waals surface area contributed by atoms with Crippen molar-refractivity contribution in [1.29, 1.82) is 0 Å². The summed E-state index contributed by atoms with van der Waals surface area (Å²) in [5.41, 5.74) is 0.102. The zero-order chi connectivity index (χ0) is 16.4. The molecule has 1 aromatic rings. The molecular formula is C13H16BrCl2NO3S. The van der Waals surface area contributed by atoms with E-state index in [-0.39, 0.29) is 25.4 Å². The molecule has 0 aliphatic carbocycles. The number of halogens is 3. The lowest BCUT2D eigenvalue weighted by Gasteiger charge is -2.23. The molecule has 1 N–H and O–H groups in total. The number of nitrogens with one attached hydrogen (secondary N) is 1. The fourth-order valence-electron chi connectivity index (χ4n) is 1.42. The third kappa shape index (κ3) is 5.13. The predicted molar refractivity (Wildman–Crippen MR) is 88.6 cm³/mol. The van der Waals surface area contributed by atoms with Crippen molar-refractivity contribution in [2.75, 3.05) is 6.54 Å². The Morgan fingerprint density at radius 2 is 1.95 bits per heavy atom. The molecular weight excluding hydrogens is 401 g/mol. The third-order valence-corrected chi connectivity index (χ3v) is 6.19. The van der Waals surface area contributed by atoms with Crippen molar-refractivity contribution in [3.05, 3.63) is 27.2 Å². The number of benzene rings is 1. The van der Waals surface area contributed by atoms with E-state index >= 15 is 0 Å². The number of carbonyl (C=O) groups is 1. The quantitative estimate of drug-likeness (QED) is 0.731. The van der Waals surface area contributed by atoms with Crippen molar-refractivity contribution < 1.29 is 13.2 Å². The van der Waals surface area contributed by atoms with Gasteiger partial charge in [-0.05, 0) is 39.9 Å². The van der Waals surface area contributed by atoms with Gasteiger partial charge < -0.3 is 5.32 Å². The Hall–Kier alpha value is -0.300. The Kier molecular flexibility index (Phi) is 6.12. The van der Waals surface area contributed by atoms with Gasteiger partial charge in [0.25, 0.3) is 15.0 Å². The predicted octanol–water partition coefficient (Wildman–Crippen LogP) is 4.20. The number of rotatable bonds is 5. The lowest BCUT2D eigenvalue weighted by Crippen LogP contribution is -2.33. The number of amides is 1. The second-order valence-corrected chi connectivity index (χ2v) is 9.14. The summed E-state index contributed by atoms with van der Waals surface area (Å²) in [5, 5.41) is 2.87. The first-order chi connectivity index (χ1) is 9.48. The summed E-state index contributed by atoms with van der Waals surface area (Å²) in [4.78, 5) is 11.9. The van der Waals surface area contributed by atoms with Crippen molar-refractivity contribution in [3.63, 3.8) is 0 Å². The third-order valence-electron chi connectivity index (χ3n) is 3.20. The molecule has 1 aromatic carbocycles. The van der Waals surface area contributed by atoms with Crippen LogP contribution in [0.15, 0.2) is 21.5 Å². The summed E-state index contributed by atoms with van der Waals surface area (Å²) in [5.74, 6) is -0.396. The first-order valence-electron chi connectivity index (χ1n) is 6.20. The van der Waals surface area contributed by atoms with E-state index < -0.39 is 15.0 Å². The first-order valence-corrected chi connectivity index (χ1v) is 9.68. The van der Waals surface area contributed by atoms with Crippen LogP contribution in [0.2, 0.25) is 5.02 Å². The Morgan fingerprint density at radius 3 is 2.43 bits per heavy atom. The summed E-state index contributed by atoms with van der Waals surface area (Å²) in [6.45, 7) is 6.55. The van der Waals surface area contributed by atoms with Crippen molar-refractivity contribution >= 4 is 53.2 Å². The lowest BCUT2D eigenvalue weighted by molar-refractivity contribution is 0.0935. The highest BCUT2D eigenvalue weighted by Crippen LogP contribution is 2.33. The number of carbonyl (C=O) groups excluding carboxylic acids is 1. The highest BCUT2D eigenvalue weighted by atomic mass is 79.9. The molecule has 0 fully saturated rings. The zero-order valence-corrected chi connectivity index (χ0v) is 15.8. The lowest BCUT2D eigenvalue weighted by atomic mass is 9.90. The Morgan fingerprint density at radius 1 is 1.38 bits per heavy atom. The van der Waals surface area contributed by atoms with Crippen molar-refractivity contribution in [2.24, 2.45) is 5.41 Å². The van der Waals surface area contributed by atoms with Crippen LogP contribution in [-0.2, 0) is 9.05 Å². The second-order valence-electron chi connectivity index (χ2n) is 5.41. The summed E-state index contributed by atoms with van der Waals surface area (Å²) in [6.07, 6.45) is 0.898. The van der Waals surface area contributed by atoms with Gasteiger partial charge in [-0.25, -0.2) is 8.42 Å². The smallest absolute Gasteiger partial charge is 0.262 e. The Balaban J connectivity index is 3.10. The van der Waals surface area contributed by atoms with Crippen molar-refractivity contribution in [3.8, 4) is 0 Å². The van der Waals surface area contributed by atoms with Crippen LogP contribution < -0.4 is 5.32 Å². The molecule has 0 aromatic heterocycles. The van der Waals surface area contributed by atoms with Gasteiger partial charge >= 0.3 is 0 Å². The maximum absolute atomic E-state index is 12.1. The molecule has 0 spiro atoms. The maximum atomic E-state index is 12.1. The Labute approximate surface area is 142 Å². The molecule has 0 saturated carbocycles. The minimum atomic E-state index is -4.00. The topological polar surface area (TPSA) is 63.2 Å². The summed E-state index contributed by atoms with van der Waals surface area (Å²) in [6, 6.07) is 2.60. The second kappa shape index (κ2) is 6.86. The van der Waals surface area contributed by atoms with E-state index in [0.29, 0.717) is 6.54 Å². The van der Waals surface area contributed by atoms with Crippen LogP contribution in [0.25, 0.3) is 0 Å². The minimum Gasteiger partial charge on any atom is -0.352 e. The molecule has 4 nitrogen and oxygen atoms in total. The van der Waals surface area contributed by atoms with Gasteiger partial charge in [0.05, 0.1) is 14.4 Å². The van der Waals surface area contributed by atoms with Gasteiger partial charge in [-0.15, -0.1) is 0 Å². The van der Waals surface area contributed by atoms with E-state index in [9.17, 15) is 13.2 Å². The van der Waals surface area contributed by atoms with Crippen LogP contribution in [0, 0.1) is 5.41 Å². The van der Waals surface area contributed by atoms with Gasteiger partial charge in [0.2, 0.25) is 0 Å². The average Bonchev–Trinajstić information content (AvgIpc) is 2.37. The van der Waals surface area contributed by atoms with E-state index in [2.05, 4.69) is 21.2 Å². The van der Waals surface area contributed by atoms with Crippen LogP contribution in [-0.4, -0.2) is 20.9 Å². The minimum absolute atomic E-state index is 0.0454. The fourth-order valence-corrected chi connectivity index (χ4v) is 3.80. The molecule has 0 aliphatic heterocycles. The van der Waals surface area contributed by atoms with Crippen molar-refractivity contribution in [2.45, 2.75) is 32.1 Å². The standard InChI is InChI=1S/C13H16BrCl2NO3S/c1-4-13(2,3)7-17-12(18)8-5-9(15)11(14)10(6-8)21(16,19)20/h5-6H,4,7H2,1-3H3,(H,17,18). The van der Waals surface area contributed by atoms with Gasteiger partial charge in [-0.1, -0.05) is 32.4 Å². The molecule has 0 saturated heterocycles. The summed E-state index contributed by atoms with van der Waals surface area (Å²) in [7, 11) is 1.34. The highest BCUT2D eigenvalue weighted by molar-refractivity contribution is 9.10. The molecule has 0 bridgehead atoms. The normalized spacial score (nSPS) is 12.3. The summed E-state index contributed by atoms with van der Waals surface area (Å²) >= 11 is 8.99. The van der Waals surface area contributed by atoms with E-state index in [1.165, 1.54) is 12.1 Å². The first kappa shape index (κ1) is 18.7. The van der Waals surface area contributed by atoms with Crippen molar-refractivity contribution in [1.82, 2.24) is 5.32 Å². The average molecular weight is 417 g/mol. The molecule has 1 amide bonds. The molecule has 0 radical (unpaired) electrons. The molecule has 0 aliphatic rings. The largest absolute Gasteiger partial charge is 0.352 e.